The van der Waals surface area contributed by atoms with E-state index in [1.165, 1.54) is 10.9 Å². The molecule has 0 radical (unpaired) electrons. The minimum Gasteiger partial charge on any atom is -0.370 e. The third kappa shape index (κ3) is 4.43. The Bertz CT molecular complexity index is 1160. The second-order valence-electron chi connectivity index (χ2n) is 6.98. The lowest BCUT2D eigenvalue weighted by atomic mass is 10.1. The van der Waals surface area contributed by atoms with Crippen LogP contribution in [-0.2, 0) is 6.42 Å². The molecule has 0 spiro atoms. The normalized spacial score (nSPS) is 10.8. The topological polar surface area (TPSA) is 82.7 Å². The number of Topliss-reactive ketones (excluding diaryl/α,β-unsaturated/α-hetero) is 1. The monoisotopic (exact) mass is 385 g/mol. The first-order valence-electron chi connectivity index (χ1n) is 9.61. The number of anilines is 3. The molecule has 2 aromatic carbocycles. The van der Waals surface area contributed by atoms with Crippen molar-refractivity contribution in [1.29, 1.82) is 0 Å². The van der Waals surface area contributed by atoms with E-state index in [2.05, 4.69) is 50.0 Å². The van der Waals surface area contributed by atoms with Crippen LogP contribution < -0.4 is 10.6 Å². The standard InChI is InChI=1S/C23H23N5O/c1-15(29)17-6-5-7-19(12-17)28-23-13-22(26-16(2)27-23)24-11-10-18-14-25-21-9-4-3-8-20(18)21/h3-9,12-14,25H,10-11H2,1-2H3,(H2,24,26,27,28). The lowest BCUT2D eigenvalue weighted by molar-refractivity contribution is 0.101. The number of aryl methyl sites for hydroxylation is 1. The molecule has 0 fully saturated rings. The second kappa shape index (κ2) is 8.14. The van der Waals surface area contributed by atoms with Gasteiger partial charge in [-0.15, -0.1) is 0 Å². The first kappa shape index (κ1) is 18.7. The zero-order valence-electron chi connectivity index (χ0n) is 16.5. The minimum absolute atomic E-state index is 0.0344. The zero-order chi connectivity index (χ0) is 20.2. The van der Waals surface area contributed by atoms with Crippen LogP contribution in [0.5, 0.6) is 0 Å². The molecule has 146 valence electrons. The molecule has 2 aromatic heterocycles. The van der Waals surface area contributed by atoms with Gasteiger partial charge in [0.1, 0.15) is 17.5 Å². The summed E-state index contributed by atoms with van der Waals surface area (Å²) in [4.78, 5) is 23.8. The van der Waals surface area contributed by atoms with Crippen LogP contribution in [0.4, 0.5) is 17.3 Å². The lowest BCUT2D eigenvalue weighted by Gasteiger charge is -2.11. The Kier molecular flexibility index (Phi) is 5.24. The van der Waals surface area contributed by atoms with Gasteiger partial charge in [0, 0.05) is 41.0 Å². The van der Waals surface area contributed by atoms with Crippen LogP contribution in [0.2, 0.25) is 0 Å². The van der Waals surface area contributed by atoms with E-state index in [1.807, 2.05) is 37.3 Å². The number of ketones is 1. The summed E-state index contributed by atoms with van der Waals surface area (Å²) in [6.45, 7) is 4.18. The summed E-state index contributed by atoms with van der Waals surface area (Å²) in [6.07, 6.45) is 2.95. The molecule has 2 heterocycles. The Morgan fingerprint density at radius 1 is 1.03 bits per heavy atom. The van der Waals surface area contributed by atoms with Crippen molar-refractivity contribution in [3.8, 4) is 0 Å². The van der Waals surface area contributed by atoms with Gasteiger partial charge in [-0.2, -0.15) is 0 Å². The number of hydrogen-bond donors (Lipinski definition) is 3. The molecule has 4 aromatic rings. The average molecular weight is 385 g/mol. The maximum Gasteiger partial charge on any atom is 0.159 e. The summed E-state index contributed by atoms with van der Waals surface area (Å²) in [5.74, 6) is 2.16. The molecule has 6 heteroatoms. The molecule has 0 atom stereocenters. The predicted octanol–water partition coefficient (Wildman–Crippen LogP) is 4.87. The molecule has 0 aliphatic rings. The van der Waals surface area contributed by atoms with E-state index in [0.29, 0.717) is 17.2 Å². The third-order valence-electron chi connectivity index (χ3n) is 4.75. The van der Waals surface area contributed by atoms with Gasteiger partial charge in [0.05, 0.1) is 0 Å². The van der Waals surface area contributed by atoms with E-state index < -0.39 is 0 Å². The van der Waals surface area contributed by atoms with Gasteiger partial charge in [0.15, 0.2) is 5.78 Å². The molecular formula is C23H23N5O. The number of benzene rings is 2. The van der Waals surface area contributed by atoms with Crippen LogP contribution in [0.15, 0.2) is 60.8 Å². The summed E-state index contributed by atoms with van der Waals surface area (Å²) >= 11 is 0. The molecule has 6 nitrogen and oxygen atoms in total. The molecular weight excluding hydrogens is 362 g/mol. The predicted molar refractivity (Wildman–Crippen MR) is 117 cm³/mol. The molecule has 0 aliphatic heterocycles. The van der Waals surface area contributed by atoms with E-state index in [4.69, 9.17) is 0 Å². The maximum atomic E-state index is 11.6. The highest BCUT2D eigenvalue weighted by molar-refractivity contribution is 5.95. The highest BCUT2D eigenvalue weighted by atomic mass is 16.1. The first-order chi connectivity index (χ1) is 14.1. The lowest BCUT2D eigenvalue weighted by Crippen LogP contribution is -2.08. The number of rotatable bonds is 7. The number of aromatic nitrogens is 3. The van der Waals surface area contributed by atoms with Crippen molar-refractivity contribution in [2.75, 3.05) is 17.2 Å². The van der Waals surface area contributed by atoms with Gasteiger partial charge < -0.3 is 15.6 Å². The maximum absolute atomic E-state index is 11.6. The number of fused-ring (bicyclic) bond motifs is 1. The molecule has 3 N–H and O–H groups in total. The van der Waals surface area contributed by atoms with Crippen LogP contribution in [0, 0.1) is 6.92 Å². The fourth-order valence-corrected chi connectivity index (χ4v) is 3.35. The Balaban J connectivity index is 1.44. The van der Waals surface area contributed by atoms with Gasteiger partial charge in [0.25, 0.3) is 0 Å². The van der Waals surface area contributed by atoms with Gasteiger partial charge in [-0.05, 0) is 44.0 Å². The highest BCUT2D eigenvalue weighted by Crippen LogP contribution is 2.20. The number of hydrogen-bond acceptors (Lipinski definition) is 5. The van der Waals surface area contributed by atoms with Gasteiger partial charge in [0.2, 0.25) is 0 Å². The molecule has 0 amide bonds. The summed E-state index contributed by atoms with van der Waals surface area (Å²) in [5.41, 5.74) is 3.91. The van der Waals surface area contributed by atoms with Crippen molar-refractivity contribution in [2.24, 2.45) is 0 Å². The van der Waals surface area contributed by atoms with E-state index >= 15 is 0 Å². The van der Waals surface area contributed by atoms with Crippen molar-refractivity contribution in [3.63, 3.8) is 0 Å². The number of nitrogens with zero attached hydrogens (tertiary/aromatic N) is 2. The Morgan fingerprint density at radius 2 is 1.86 bits per heavy atom. The molecule has 0 unspecified atom stereocenters. The fourth-order valence-electron chi connectivity index (χ4n) is 3.35. The van der Waals surface area contributed by atoms with Crippen LogP contribution in [0.25, 0.3) is 10.9 Å². The summed E-state index contributed by atoms with van der Waals surface area (Å²) in [6, 6.07) is 17.6. The van der Waals surface area contributed by atoms with E-state index in [1.54, 1.807) is 13.0 Å². The number of carbonyl (C=O) groups is 1. The van der Waals surface area contributed by atoms with Crippen LogP contribution >= 0.6 is 0 Å². The van der Waals surface area contributed by atoms with E-state index in [9.17, 15) is 4.79 Å². The number of aromatic amines is 1. The van der Waals surface area contributed by atoms with Gasteiger partial charge >= 0.3 is 0 Å². The Hall–Kier alpha value is -3.67. The number of carbonyl (C=O) groups excluding carboxylic acids is 1. The summed E-state index contributed by atoms with van der Waals surface area (Å²) in [5, 5.41) is 7.90. The van der Waals surface area contributed by atoms with Crippen molar-refractivity contribution in [1.82, 2.24) is 15.0 Å². The SMILES string of the molecule is CC(=O)c1cccc(Nc2cc(NCCc3c[nH]c4ccccc34)nc(C)n2)c1. The van der Waals surface area contributed by atoms with Gasteiger partial charge in [-0.3, -0.25) is 4.79 Å². The third-order valence-corrected chi connectivity index (χ3v) is 4.75. The zero-order valence-corrected chi connectivity index (χ0v) is 16.5. The second-order valence-corrected chi connectivity index (χ2v) is 6.98. The van der Waals surface area contributed by atoms with E-state index in [-0.39, 0.29) is 5.78 Å². The van der Waals surface area contributed by atoms with Crippen LogP contribution in [0.1, 0.15) is 28.7 Å². The van der Waals surface area contributed by atoms with Gasteiger partial charge in [-0.25, -0.2) is 9.97 Å². The fraction of sp³-hybridized carbons (Fsp3) is 0.174. The summed E-state index contributed by atoms with van der Waals surface area (Å²) in [7, 11) is 0. The van der Waals surface area contributed by atoms with Crippen molar-refractivity contribution < 1.29 is 4.79 Å². The van der Waals surface area contributed by atoms with Crippen molar-refractivity contribution >= 4 is 34.0 Å². The summed E-state index contributed by atoms with van der Waals surface area (Å²) < 4.78 is 0. The van der Waals surface area contributed by atoms with Gasteiger partial charge in [-0.1, -0.05) is 30.3 Å². The largest absolute Gasteiger partial charge is 0.370 e. The van der Waals surface area contributed by atoms with Crippen LogP contribution in [-0.4, -0.2) is 27.3 Å². The number of H-pyrrole nitrogens is 1. The van der Waals surface area contributed by atoms with Crippen molar-refractivity contribution in [2.45, 2.75) is 20.3 Å². The molecule has 0 saturated heterocycles. The molecule has 0 bridgehead atoms. The molecule has 0 aliphatic carbocycles. The van der Waals surface area contributed by atoms with Crippen LogP contribution in [0.3, 0.4) is 0 Å². The quantitative estimate of drug-likeness (QED) is 0.396. The first-order valence-corrected chi connectivity index (χ1v) is 9.61. The minimum atomic E-state index is 0.0344. The average Bonchev–Trinajstić information content (AvgIpc) is 3.11. The molecule has 29 heavy (non-hydrogen) atoms. The number of nitrogens with one attached hydrogen (secondary N) is 3. The smallest absolute Gasteiger partial charge is 0.159 e. The Morgan fingerprint density at radius 3 is 2.72 bits per heavy atom. The van der Waals surface area contributed by atoms with Crippen molar-refractivity contribution in [3.05, 3.63) is 77.7 Å². The number of para-hydroxylation sites is 1. The molecule has 0 saturated carbocycles. The molecule has 4 rings (SSSR count). The highest BCUT2D eigenvalue weighted by Gasteiger charge is 2.06. The Labute approximate surface area is 169 Å². The van der Waals surface area contributed by atoms with E-state index in [0.717, 1.165) is 30.0 Å².